The number of hydrogen-bond acceptors (Lipinski definition) is 5. The topological polar surface area (TPSA) is 80.7 Å². The van der Waals surface area contributed by atoms with Crippen molar-refractivity contribution in [3.8, 4) is 5.75 Å². The van der Waals surface area contributed by atoms with Gasteiger partial charge in [-0.1, -0.05) is 70.2 Å². The van der Waals surface area contributed by atoms with Crippen LogP contribution in [0.3, 0.4) is 0 Å². The Morgan fingerprint density at radius 3 is 1.97 bits per heavy atom. The van der Waals surface area contributed by atoms with Crippen molar-refractivity contribution in [1.82, 2.24) is 0 Å². The maximum atomic E-state index is 13.3. The van der Waals surface area contributed by atoms with Crippen molar-refractivity contribution >= 4 is 17.3 Å². The second-order valence-electron chi connectivity index (χ2n) is 11.6. The number of carbonyl (C=O) groups is 3. The predicted octanol–water partition coefficient (Wildman–Crippen LogP) is 6.12. The van der Waals surface area contributed by atoms with E-state index in [1.807, 2.05) is 58.0 Å². The Kier molecular flexibility index (Phi) is 6.72. The van der Waals surface area contributed by atoms with Crippen molar-refractivity contribution in [2.24, 2.45) is 16.7 Å². The number of ketones is 3. The maximum Gasteiger partial charge on any atom is 0.163 e. The van der Waals surface area contributed by atoms with Crippen molar-refractivity contribution in [3.63, 3.8) is 0 Å². The van der Waals surface area contributed by atoms with E-state index in [1.54, 1.807) is 24.3 Å². The minimum atomic E-state index is -0.971. The van der Waals surface area contributed by atoms with Gasteiger partial charge in [0.1, 0.15) is 29.7 Å². The molecule has 184 valence electrons. The molecule has 2 aromatic carbocycles. The van der Waals surface area contributed by atoms with Crippen molar-refractivity contribution < 1.29 is 24.2 Å². The second kappa shape index (κ2) is 9.44. The minimum absolute atomic E-state index is 0.00825. The molecule has 35 heavy (non-hydrogen) atoms. The molecule has 0 heterocycles. The van der Waals surface area contributed by atoms with E-state index in [0.29, 0.717) is 24.3 Å². The van der Waals surface area contributed by atoms with Crippen LogP contribution in [-0.2, 0) is 21.0 Å². The molecule has 1 fully saturated rings. The van der Waals surface area contributed by atoms with Gasteiger partial charge >= 0.3 is 0 Å². The van der Waals surface area contributed by atoms with E-state index < -0.39 is 17.3 Å². The molecule has 5 nitrogen and oxygen atoms in total. The predicted molar refractivity (Wildman–Crippen MR) is 134 cm³/mol. The van der Waals surface area contributed by atoms with Crippen LogP contribution in [0, 0.1) is 16.7 Å². The number of ether oxygens (including phenoxy) is 1. The van der Waals surface area contributed by atoms with Crippen molar-refractivity contribution in [2.75, 3.05) is 0 Å². The Morgan fingerprint density at radius 1 is 0.829 bits per heavy atom. The highest BCUT2D eigenvalue weighted by atomic mass is 16.5. The molecule has 1 atom stereocenters. The average molecular weight is 475 g/mol. The second-order valence-corrected chi connectivity index (χ2v) is 11.6. The summed E-state index contributed by atoms with van der Waals surface area (Å²) in [6.07, 6.45) is 1.14. The van der Waals surface area contributed by atoms with Gasteiger partial charge in [-0.25, -0.2) is 0 Å². The summed E-state index contributed by atoms with van der Waals surface area (Å²) in [6.45, 7) is 8.12. The fourth-order valence-electron chi connectivity index (χ4n) is 5.47. The Morgan fingerprint density at radius 2 is 1.40 bits per heavy atom. The summed E-state index contributed by atoms with van der Waals surface area (Å²) in [4.78, 5) is 39.8. The molecule has 1 N–H and O–H groups in total. The molecule has 0 aliphatic heterocycles. The Labute approximate surface area is 207 Å². The smallest absolute Gasteiger partial charge is 0.163 e. The van der Waals surface area contributed by atoms with Gasteiger partial charge in [0, 0.05) is 37.2 Å². The number of allylic oxidation sites excluding steroid dienone is 2. The largest absolute Gasteiger partial charge is 0.512 e. The molecule has 0 amide bonds. The maximum absolute atomic E-state index is 13.3. The highest BCUT2D eigenvalue weighted by Crippen LogP contribution is 2.47. The normalized spacial score (nSPS) is 21.2. The molecule has 2 aromatic rings. The first kappa shape index (κ1) is 24.9. The first-order valence-corrected chi connectivity index (χ1v) is 12.2. The third kappa shape index (κ3) is 5.55. The number of aliphatic hydroxyl groups excluding tert-OH is 1. The van der Waals surface area contributed by atoms with Crippen LogP contribution in [0.4, 0.5) is 0 Å². The summed E-state index contributed by atoms with van der Waals surface area (Å²) in [5.74, 6) is -1.66. The van der Waals surface area contributed by atoms with E-state index in [-0.39, 0.29) is 53.4 Å². The molecule has 2 aliphatic carbocycles. The lowest BCUT2D eigenvalue weighted by atomic mass is 9.62. The van der Waals surface area contributed by atoms with Crippen molar-refractivity contribution in [2.45, 2.75) is 65.9 Å². The minimum Gasteiger partial charge on any atom is -0.512 e. The van der Waals surface area contributed by atoms with E-state index in [9.17, 15) is 19.5 Å². The molecule has 2 aliphatic rings. The molecule has 5 heteroatoms. The lowest BCUT2D eigenvalue weighted by Gasteiger charge is -2.39. The summed E-state index contributed by atoms with van der Waals surface area (Å²) in [7, 11) is 0. The summed E-state index contributed by atoms with van der Waals surface area (Å²) >= 11 is 0. The molecule has 0 saturated heterocycles. The number of benzene rings is 2. The van der Waals surface area contributed by atoms with Crippen molar-refractivity contribution in [3.05, 3.63) is 77.1 Å². The van der Waals surface area contributed by atoms with Crippen LogP contribution in [-0.4, -0.2) is 22.5 Å². The fraction of sp³-hybridized carbons (Fsp3) is 0.433. The SMILES string of the molecule is CC1(C)CC(=O)C([C@H](C2=C(O)CC(C)(C)CC2=O)c2ccc(OCc3ccccc3)cc2)C(=O)C1. The Bertz CT molecular complexity index is 1130. The first-order valence-electron chi connectivity index (χ1n) is 12.2. The fourth-order valence-corrected chi connectivity index (χ4v) is 5.47. The lowest BCUT2D eigenvalue weighted by molar-refractivity contribution is -0.140. The van der Waals surface area contributed by atoms with E-state index in [1.165, 1.54) is 0 Å². The van der Waals surface area contributed by atoms with E-state index in [2.05, 4.69) is 0 Å². The van der Waals surface area contributed by atoms with Crippen LogP contribution in [0.5, 0.6) is 5.75 Å². The highest BCUT2D eigenvalue weighted by molar-refractivity contribution is 6.09. The zero-order valence-corrected chi connectivity index (χ0v) is 21.0. The molecule has 0 bridgehead atoms. The summed E-state index contributed by atoms with van der Waals surface area (Å²) in [5, 5.41) is 11.0. The van der Waals surface area contributed by atoms with Gasteiger partial charge in [0.25, 0.3) is 0 Å². The zero-order chi connectivity index (χ0) is 25.4. The lowest BCUT2D eigenvalue weighted by Crippen LogP contribution is -2.43. The van der Waals surface area contributed by atoms with Gasteiger partial charge in [-0.15, -0.1) is 0 Å². The number of aliphatic hydroxyl groups is 1. The number of rotatable bonds is 6. The molecular weight excluding hydrogens is 440 g/mol. The molecule has 4 rings (SSSR count). The van der Waals surface area contributed by atoms with Gasteiger partial charge in [0.05, 0.1) is 5.92 Å². The van der Waals surface area contributed by atoms with Gasteiger partial charge in [0.15, 0.2) is 5.78 Å². The van der Waals surface area contributed by atoms with Crippen LogP contribution in [0.25, 0.3) is 0 Å². The third-order valence-corrected chi connectivity index (χ3v) is 7.03. The summed E-state index contributed by atoms with van der Waals surface area (Å²) < 4.78 is 5.89. The van der Waals surface area contributed by atoms with Crippen LogP contribution in [0.1, 0.15) is 70.4 Å². The average Bonchev–Trinajstić information content (AvgIpc) is 2.75. The van der Waals surface area contributed by atoms with Crippen molar-refractivity contribution in [1.29, 1.82) is 0 Å². The van der Waals surface area contributed by atoms with E-state index >= 15 is 0 Å². The highest BCUT2D eigenvalue weighted by Gasteiger charge is 2.48. The van der Waals surface area contributed by atoms with Crippen LogP contribution in [0.15, 0.2) is 65.9 Å². The standard InChI is InChI=1S/C30H34O5/c1-29(2)14-22(31)27(23(32)15-29)26(28-24(33)16-30(3,4)17-25(28)34)20-10-12-21(13-11-20)35-18-19-8-6-5-7-9-19/h5-13,26-27,33H,14-18H2,1-4H3/t26-/m1/s1. The summed E-state index contributed by atoms with van der Waals surface area (Å²) in [5.41, 5.74) is 1.15. The Balaban J connectivity index is 1.69. The van der Waals surface area contributed by atoms with Crippen LogP contribution < -0.4 is 4.74 Å². The molecule has 1 saturated carbocycles. The zero-order valence-electron chi connectivity index (χ0n) is 21.0. The monoisotopic (exact) mass is 474 g/mol. The summed E-state index contributed by atoms with van der Waals surface area (Å²) in [6, 6.07) is 17.0. The number of carbonyl (C=O) groups excluding carboxylic acids is 3. The Hall–Kier alpha value is -3.21. The van der Waals surface area contributed by atoms with Gasteiger partial charge in [-0.05, 0) is 34.1 Å². The first-order chi connectivity index (χ1) is 16.5. The quantitative estimate of drug-likeness (QED) is 0.510. The van der Waals surface area contributed by atoms with Gasteiger partial charge < -0.3 is 9.84 Å². The molecule has 0 aromatic heterocycles. The van der Waals surface area contributed by atoms with Crippen LogP contribution in [0.2, 0.25) is 0 Å². The van der Waals surface area contributed by atoms with Gasteiger partial charge in [0.2, 0.25) is 0 Å². The van der Waals surface area contributed by atoms with Gasteiger partial charge in [-0.2, -0.15) is 0 Å². The molecule has 0 radical (unpaired) electrons. The van der Waals surface area contributed by atoms with Crippen LogP contribution >= 0.6 is 0 Å². The number of hydrogen-bond donors (Lipinski definition) is 1. The van der Waals surface area contributed by atoms with E-state index in [4.69, 9.17) is 4.74 Å². The molecule has 0 spiro atoms. The molecular formula is C30H34O5. The molecule has 0 unspecified atom stereocenters. The third-order valence-electron chi connectivity index (χ3n) is 7.03. The van der Waals surface area contributed by atoms with E-state index in [0.717, 1.165) is 5.56 Å². The number of Topliss-reactive ketones (excluding diaryl/α,β-unsaturated/α-hetero) is 3. The van der Waals surface area contributed by atoms with Gasteiger partial charge in [-0.3, -0.25) is 14.4 Å².